The first-order chi connectivity index (χ1) is 15.1. The summed E-state index contributed by atoms with van der Waals surface area (Å²) in [6.07, 6.45) is 4.46. The van der Waals surface area contributed by atoms with Crippen LogP contribution in [-0.4, -0.2) is 38.3 Å². The third-order valence-corrected chi connectivity index (χ3v) is 5.69. The van der Waals surface area contributed by atoms with E-state index >= 15 is 0 Å². The molecule has 0 unspecified atom stereocenters. The van der Waals surface area contributed by atoms with Crippen LogP contribution in [0.2, 0.25) is 0 Å². The molecule has 1 amide bonds. The first-order valence-corrected chi connectivity index (χ1v) is 10.8. The summed E-state index contributed by atoms with van der Waals surface area (Å²) in [5.41, 5.74) is 2.94. The van der Waals surface area contributed by atoms with Crippen LogP contribution in [0.5, 0.6) is 5.75 Å². The maximum absolute atomic E-state index is 12.5. The van der Waals surface area contributed by atoms with Gasteiger partial charge in [-0.1, -0.05) is 42.1 Å². The van der Waals surface area contributed by atoms with Crippen molar-refractivity contribution in [2.45, 2.75) is 18.5 Å². The highest BCUT2D eigenvalue weighted by molar-refractivity contribution is 7.99. The number of amides is 1. The zero-order valence-corrected chi connectivity index (χ0v) is 18.2. The van der Waals surface area contributed by atoms with Crippen molar-refractivity contribution >= 4 is 23.4 Å². The predicted octanol–water partition coefficient (Wildman–Crippen LogP) is 4.03. The summed E-state index contributed by atoms with van der Waals surface area (Å²) in [7, 11) is 1.65. The fourth-order valence-electron chi connectivity index (χ4n) is 3.14. The molecule has 2 aromatic carbocycles. The van der Waals surface area contributed by atoms with Crippen molar-refractivity contribution in [3.63, 3.8) is 0 Å². The highest BCUT2D eigenvalue weighted by atomic mass is 32.2. The zero-order valence-electron chi connectivity index (χ0n) is 17.4. The lowest BCUT2D eigenvalue weighted by atomic mass is 10.1. The van der Waals surface area contributed by atoms with Gasteiger partial charge in [0.1, 0.15) is 5.75 Å². The highest BCUT2D eigenvalue weighted by Crippen LogP contribution is 2.21. The minimum absolute atomic E-state index is 0.0851. The standard InChI is InChI=1S/C23H23N5O2S/c1-17-7-3-4-8-20(17)24-22(29)16-31-23-26-25-21(28(23)27-13-5-6-14-27)15-18-9-11-19(30-2)12-10-18/h3-14H,15-16H2,1-2H3,(H,24,29). The Morgan fingerprint density at radius 2 is 1.77 bits per heavy atom. The molecule has 0 bridgehead atoms. The van der Waals surface area contributed by atoms with Gasteiger partial charge < -0.3 is 10.1 Å². The Hall–Kier alpha value is -3.52. The molecule has 0 aliphatic carbocycles. The largest absolute Gasteiger partial charge is 0.497 e. The number of nitrogens with zero attached hydrogens (tertiary/aromatic N) is 4. The van der Waals surface area contributed by atoms with Crippen molar-refractivity contribution in [2.75, 3.05) is 18.2 Å². The van der Waals surface area contributed by atoms with E-state index in [1.165, 1.54) is 11.8 Å². The summed E-state index contributed by atoms with van der Waals surface area (Å²) >= 11 is 1.35. The molecule has 0 spiro atoms. The Labute approximate surface area is 185 Å². The number of anilines is 1. The molecular formula is C23H23N5O2S. The summed E-state index contributed by atoms with van der Waals surface area (Å²) in [5, 5.41) is 12.4. The second-order valence-corrected chi connectivity index (χ2v) is 7.89. The smallest absolute Gasteiger partial charge is 0.234 e. The number of thioether (sulfide) groups is 1. The quantitative estimate of drug-likeness (QED) is 0.425. The average Bonchev–Trinajstić information content (AvgIpc) is 3.44. The van der Waals surface area contributed by atoms with Gasteiger partial charge in [-0.25, -0.2) is 4.68 Å². The van der Waals surface area contributed by atoms with Crippen LogP contribution in [0.4, 0.5) is 5.69 Å². The molecule has 158 valence electrons. The minimum Gasteiger partial charge on any atom is -0.497 e. The van der Waals surface area contributed by atoms with Crippen LogP contribution < -0.4 is 10.1 Å². The Morgan fingerprint density at radius 3 is 2.48 bits per heavy atom. The van der Waals surface area contributed by atoms with E-state index < -0.39 is 0 Å². The third-order valence-electron chi connectivity index (χ3n) is 4.77. The number of ether oxygens (including phenoxy) is 1. The van der Waals surface area contributed by atoms with E-state index in [9.17, 15) is 4.79 Å². The lowest BCUT2D eigenvalue weighted by Gasteiger charge is -2.12. The van der Waals surface area contributed by atoms with Crippen molar-refractivity contribution in [2.24, 2.45) is 0 Å². The number of para-hydroxylation sites is 1. The van der Waals surface area contributed by atoms with E-state index in [0.717, 1.165) is 28.4 Å². The molecule has 0 saturated heterocycles. The number of carbonyl (C=O) groups excluding carboxylic acids is 1. The molecule has 7 nitrogen and oxygen atoms in total. The van der Waals surface area contributed by atoms with Gasteiger partial charge in [-0.3, -0.25) is 9.47 Å². The van der Waals surface area contributed by atoms with Crippen molar-refractivity contribution < 1.29 is 9.53 Å². The number of rotatable bonds is 8. The van der Waals surface area contributed by atoms with Crippen LogP contribution in [0, 0.1) is 6.92 Å². The molecule has 0 aliphatic rings. The predicted molar refractivity (Wildman–Crippen MR) is 122 cm³/mol. The van der Waals surface area contributed by atoms with E-state index in [0.29, 0.717) is 11.6 Å². The minimum atomic E-state index is -0.0851. The van der Waals surface area contributed by atoms with Crippen LogP contribution >= 0.6 is 11.8 Å². The average molecular weight is 434 g/mol. The molecule has 0 radical (unpaired) electrons. The van der Waals surface area contributed by atoms with Gasteiger partial charge >= 0.3 is 0 Å². The Morgan fingerprint density at radius 1 is 1.03 bits per heavy atom. The number of carbonyl (C=O) groups is 1. The third kappa shape index (κ3) is 4.97. The summed E-state index contributed by atoms with van der Waals surface area (Å²) in [6, 6.07) is 19.5. The topological polar surface area (TPSA) is 74.0 Å². The van der Waals surface area contributed by atoms with Gasteiger partial charge in [-0.2, -0.15) is 0 Å². The zero-order chi connectivity index (χ0) is 21.6. The Bertz CT molecular complexity index is 1150. The SMILES string of the molecule is COc1ccc(Cc2nnc(SCC(=O)Nc3ccccc3C)n2-n2cccc2)cc1. The normalized spacial score (nSPS) is 10.8. The number of hydrogen-bond acceptors (Lipinski definition) is 5. The fourth-order valence-corrected chi connectivity index (χ4v) is 3.90. The van der Waals surface area contributed by atoms with E-state index in [2.05, 4.69) is 15.5 Å². The van der Waals surface area contributed by atoms with Crippen LogP contribution in [0.15, 0.2) is 78.2 Å². The summed E-state index contributed by atoms with van der Waals surface area (Å²) in [4.78, 5) is 12.5. The molecule has 1 N–H and O–H groups in total. The molecule has 8 heteroatoms. The molecule has 2 heterocycles. The van der Waals surface area contributed by atoms with Gasteiger partial charge in [0.25, 0.3) is 0 Å². The van der Waals surface area contributed by atoms with Crippen LogP contribution in [0.25, 0.3) is 0 Å². The van der Waals surface area contributed by atoms with E-state index in [4.69, 9.17) is 4.74 Å². The Kier molecular flexibility index (Phi) is 6.37. The van der Waals surface area contributed by atoms with Gasteiger partial charge in [-0.05, 0) is 48.4 Å². The lowest BCUT2D eigenvalue weighted by Crippen LogP contribution is -2.17. The van der Waals surface area contributed by atoms with Gasteiger partial charge in [-0.15, -0.1) is 10.2 Å². The number of hydrogen-bond donors (Lipinski definition) is 1. The molecule has 2 aromatic heterocycles. The van der Waals surface area contributed by atoms with E-state index in [-0.39, 0.29) is 11.7 Å². The lowest BCUT2D eigenvalue weighted by molar-refractivity contribution is -0.113. The van der Waals surface area contributed by atoms with Crippen molar-refractivity contribution in [1.82, 2.24) is 19.5 Å². The maximum atomic E-state index is 12.5. The summed E-state index contributed by atoms with van der Waals surface area (Å²) in [6.45, 7) is 1.97. The maximum Gasteiger partial charge on any atom is 0.234 e. The van der Waals surface area contributed by atoms with Crippen LogP contribution in [0.1, 0.15) is 17.0 Å². The first kappa shape index (κ1) is 20.7. The molecular weight excluding hydrogens is 410 g/mol. The monoisotopic (exact) mass is 433 g/mol. The second-order valence-electron chi connectivity index (χ2n) is 6.95. The number of nitrogens with one attached hydrogen (secondary N) is 1. The van der Waals surface area contributed by atoms with Crippen molar-refractivity contribution in [3.8, 4) is 5.75 Å². The number of aromatic nitrogens is 4. The van der Waals surface area contributed by atoms with E-state index in [1.54, 1.807) is 7.11 Å². The first-order valence-electron chi connectivity index (χ1n) is 9.83. The molecule has 0 atom stereocenters. The van der Waals surface area contributed by atoms with Crippen LogP contribution in [0.3, 0.4) is 0 Å². The molecule has 0 saturated carbocycles. The van der Waals surface area contributed by atoms with Gasteiger partial charge in [0, 0.05) is 24.5 Å². The number of aryl methyl sites for hydroxylation is 1. The van der Waals surface area contributed by atoms with Crippen molar-refractivity contribution in [3.05, 3.63) is 90.0 Å². The molecule has 0 fully saturated rings. The van der Waals surface area contributed by atoms with E-state index in [1.807, 2.05) is 89.3 Å². The number of methoxy groups -OCH3 is 1. The Balaban J connectivity index is 1.51. The van der Waals surface area contributed by atoms with Gasteiger partial charge in [0.15, 0.2) is 5.82 Å². The summed E-state index contributed by atoms with van der Waals surface area (Å²) in [5.74, 6) is 1.74. The molecule has 0 aliphatic heterocycles. The fraction of sp³-hybridized carbons (Fsp3) is 0.174. The van der Waals surface area contributed by atoms with Gasteiger partial charge in [0.2, 0.25) is 11.1 Å². The molecule has 31 heavy (non-hydrogen) atoms. The van der Waals surface area contributed by atoms with Crippen molar-refractivity contribution in [1.29, 1.82) is 0 Å². The second kappa shape index (κ2) is 9.53. The molecule has 4 rings (SSSR count). The number of benzene rings is 2. The summed E-state index contributed by atoms with van der Waals surface area (Å²) < 4.78 is 9.08. The molecule has 4 aromatic rings. The highest BCUT2D eigenvalue weighted by Gasteiger charge is 2.16. The van der Waals surface area contributed by atoms with Gasteiger partial charge in [0.05, 0.1) is 12.9 Å². The van der Waals surface area contributed by atoms with Crippen LogP contribution in [-0.2, 0) is 11.2 Å².